The molecule has 0 saturated heterocycles. The number of hydrogen-bond acceptors (Lipinski definition) is 15. The molecule has 0 aliphatic heterocycles. The summed E-state index contributed by atoms with van der Waals surface area (Å²) in [6.45, 7) is 14.2. The van der Waals surface area contributed by atoms with Gasteiger partial charge in [-0.3, -0.25) is 37.3 Å². The molecule has 0 spiro atoms. The topological polar surface area (TPSA) is 237 Å². The summed E-state index contributed by atoms with van der Waals surface area (Å²) in [5.41, 5.74) is 0. The van der Waals surface area contributed by atoms with E-state index in [0.29, 0.717) is 25.7 Å². The number of unbranched alkanes of at least 4 members (excludes halogenated alkanes) is 39. The Balaban J connectivity index is 5.25. The van der Waals surface area contributed by atoms with Crippen LogP contribution in [0, 0.1) is 23.7 Å². The zero-order valence-corrected chi connectivity index (χ0v) is 64.8. The fourth-order valence-electron chi connectivity index (χ4n) is 11.7. The highest BCUT2D eigenvalue weighted by molar-refractivity contribution is 7.47. The minimum Gasteiger partial charge on any atom is -0.462 e. The summed E-state index contributed by atoms with van der Waals surface area (Å²) in [6, 6.07) is 0. The monoisotopic (exact) mass is 1410 g/mol. The number of ether oxygens (including phenoxy) is 4. The molecule has 0 aromatic rings. The Morgan fingerprint density at radius 1 is 0.292 bits per heavy atom. The molecule has 0 amide bonds. The SMILES string of the molecule is CCC(C)CCCCCCCCC(=O)OC[C@H](COP(=O)(O)OC[C@H](O)COP(=O)(O)OC[C@@H](COC(=O)CCCCCCCCCCCCC(C)C)OC(=O)CCCCCCCCCCCCCCCCC(C)C)OC(=O)CCCCCCCCCCCCCCCC(C)C. The number of aliphatic hydroxyl groups is 1. The lowest BCUT2D eigenvalue weighted by molar-refractivity contribution is -0.161. The molecule has 0 aromatic heterocycles. The number of phosphoric ester groups is 2. The summed E-state index contributed by atoms with van der Waals surface area (Å²) in [4.78, 5) is 72.9. The fraction of sp³-hybridized carbons (Fsp3) is 0.948. The minimum absolute atomic E-state index is 0.106. The summed E-state index contributed by atoms with van der Waals surface area (Å²) in [5.74, 6) is 0.951. The zero-order chi connectivity index (χ0) is 71.0. The molecular weight excluding hydrogens is 1260 g/mol. The van der Waals surface area contributed by atoms with Gasteiger partial charge in [0.2, 0.25) is 0 Å². The molecule has 0 heterocycles. The Bertz CT molecular complexity index is 1890. The van der Waals surface area contributed by atoms with E-state index in [1.54, 1.807) is 0 Å². The van der Waals surface area contributed by atoms with Gasteiger partial charge in [-0.15, -0.1) is 0 Å². The smallest absolute Gasteiger partial charge is 0.462 e. The van der Waals surface area contributed by atoms with Crippen molar-refractivity contribution in [1.82, 2.24) is 0 Å². The van der Waals surface area contributed by atoms with Crippen molar-refractivity contribution in [3.05, 3.63) is 0 Å². The van der Waals surface area contributed by atoms with E-state index in [1.807, 2.05) is 0 Å². The molecule has 0 aliphatic carbocycles. The first-order chi connectivity index (χ1) is 46.1. The summed E-state index contributed by atoms with van der Waals surface area (Å²) in [5, 5.41) is 10.6. The van der Waals surface area contributed by atoms with Gasteiger partial charge in [0.05, 0.1) is 26.4 Å². The van der Waals surface area contributed by atoms with Crippen LogP contribution < -0.4 is 0 Å². The Morgan fingerprint density at radius 3 is 0.740 bits per heavy atom. The molecule has 17 nitrogen and oxygen atoms in total. The average Bonchev–Trinajstić information content (AvgIpc) is 1.24. The van der Waals surface area contributed by atoms with Crippen molar-refractivity contribution in [2.75, 3.05) is 39.6 Å². The summed E-state index contributed by atoms with van der Waals surface area (Å²) in [7, 11) is -9.92. The molecule has 570 valence electrons. The summed E-state index contributed by atoms with van der Waals surface area (Å²) >= 11 is 0. The van der Waals surface area contributed by atoms with E-state index in [2.05, 4.69) is 55.4 Å². The van der Waals surface area contributed by atoms with Gasteiger partial charge in [0, 0.05) is 25.7 Å². The maximum atomic E-state index is 13.1. The Morgan fingerprint density at radius 2 is 0.500 bits per heavy atom. The maximum Gasteiger partial charge on any atom is 0.472 e. The van der Waals surface area contributed by atoms with Gasteiger partial charge in [-0.25, -0.2) is 9.13 Å². The first kappa shape index (κ1) is 94.1. The first-order valence-electron chi connectivity index (χ1n) is 39.7. The quantitative estimate of drug-likeness (QED) is 0.0222. The standard InChI is InChI=1S/C77H150O17P2/c1-9-70(8)56-48-40-35-36-42-50-58-75(80)88-64-73(94-77(82)60-52-44-34-28-20-16-12-14-18-24-30-38-46-54-68(4)5)66-92-96(85,86)90-62-71(78)61-89-95(83,84)91-65-72(63-87-74(79)57-49-41-32-26-22-21-25-31-39-47-55-69(6)7)93-76(81)59-51-43-33-27-19-15-11-10-13-17-23-29-37-45-53-67(2)3/h67-73,78H,9-66H2,1-8H3,(H,83,84)(H,85,86)/t70?,71-,72-,73-/m1/s1. The number of phosphoric acid groups is 2. The lowest BCUT2D eigenvalue weighted by Crippen LogP contribution is -2.30. The van der Waals surface area contributed by atoms with Crippen molar-refractivity contribution in [3.8, 4) is 0 Å². The lowest BCUT2D eigenvalue weighted by Gasteiger charge is -2.21. The molecule has 0 bridgehead atoms. The Kier molecular flexibility index (Phi) is 65.0. The van der Waals surface area contributed by atoms with Crippen LogP contribution in [0.4, 0.5) is 0 Å². The van der Waals surface area contributed by atoms with Crippen LogP contribution in [0.2, 0.25) is 0 Å². The number of esters is 4. The van der Waals surface area contributed by atoms with Gasteiger partial charge in [0.1, 0.15) is 19.3 Å². The van der Waals surface area contributed by atoms with Gasteiger partial charge in [-0.2, -0.15) is 0 Å². The van der Waals surface area contributed by atoms with Crippen LogP contribution >= 0.6 is 15.6 Å². The predicted octanol–water partition coefficient (Wildman–Crippen LogP) is 22.4. The van der Waals surface area contributed by atoms with E-state index < -0.39 is 97.5 Å². The van der Waals surface area contributed by atoms with Crippen molar-refractivity contribution in [3.63, 3.8) is 0 Å². The third-order valence-corrected chi connectivity index (χ3v) is 20.1. The third-order valence-electron chi connectivity index (χ3n) is 18.2. The highest BCUT2D eigenvalue weighted by Gasteiger charge is 2.30. The largest absolute Gasteiger partial charge is 0.472 e. The van der Waals surface area contributed by atoms with Crippen molar-refractivity contribution >= 4 is 39.5 Å². The van der Waals surface area contributed by atoms with Crippen LogP contribution in [-0.4, -0.2) is 96.7 Å². The van der Waals surface area contributed by atoms with Gasteiger partial charge in [0.25, 0.3) is 0 Å². The molecule has 19 heteroatoms. The molecule has 0 aromatic carbocycles. The summed E-state index contributed by atoms with van der Waals surface area (Å²) < 4.78 is 68.6. The maximum absolute atomic E-state index is 13.1. The van der Waals surface area contributed by atoms with Crippen molar-refractivity contribution in [2.45, 2.75) is 408 Å². The molecular formula is C77H150O17P2. The molecule has 0 aliphatic rings. The van der Waals surface area contributed by atoms with E-state index in [0.717, 1.165) is 120 Å². The predicted molar refractivity (Wildman–Crippen MR) is 391 cm³/mol. The second kappa shape index (κ2) is 66.3. The van der Waals surface area contributed by atoms with Crippen molar-refractivity contribution < 1.29 is 80.2 Å². The second-order valence-electron chi connectivity index (χ2n) is 29.4. The van der Waals surface area contributed by atoms with Gasteiger partial charge in [-0.1, -0.05) is 338 Å². The number of carbonyl (C=O) groups is 4. The molecule has 0 fully saturated rings. The van der Waals surface area contributed by atoms with E-state index in [1.165, 1.54) is 186 Å². The Labute approximate surface area is 588 Å². The molecule has 0 saturated carbocycles. The molecule has 96 heavy (non-hydrogen) atoms. The highest BCUT2D eigenvalue weighted by atomic mass is 31.2. The fourth-order valence-corrected chi connectivity index (χ4v) is 13.3. The third kappa shape index (κ3) is 69.2. The van der Waals surface area contributed by atoms with Crippen LogP contribution in [0.5, 0.6) is 0 Å². The molecule has 3 N–H and O–H groups in total. The van der Waals surface area contributed by atoms with Crippen molar-refractivity contribution in [2.24, 2.45) is 23.7 Å². The van der Waals surface area contributed by atoms with E-state index in [4.69, 9.17) is 37.0 Å². The second-order valence-corrected chi connectivity index (χ2v) is 32.3. The van der Waals surface area contributed by atoms with Gasteiger partial charge in [-0.05, 0) is 49.4 Å². The number of hydrogen-bond donors (Lipinski definition) is 3. The average molecular weight is 1410 g/mol. The highest BCUT2D eigenvalue weighted by Crippen LogP contribution is 2.45. The van der Waals surface area contributed by atoms with Crippen LogP contribution in [0.15, 0.2) is 0 Å². The number of carbonyl (C=O) groups excluding carboxylic acids is 4. The van der Waals surface area contributed by atoms with Crippen molar-refractivity contribution in [1.29, 1.82) is 0 Å². The molecule has 0 radical (unpaired) electrons. The minimum atomic E-state index is -4.96. The molecule has 3 unspecified atom stereocenters. The number of rotatable bonds is 74. The molecule has 0 rings (SSSR count). The molecule has 6 atom stereocenters. The van der Waals surface area contributed by atoms with E-state index >= 15 is 0 Å². The summed E-state index contributed by atoms with van der Waals surface area (Å²) in [6.07, 6.45) is 51.3. The van der Waals surface area contributed by atoms with E-state index in [9.17, 15) is 43.2 Å². The van der Waals surface area contributed by atoms with Gasteiger partial charge < -0.3 is 33.8 Å². The van der Waals surface area contributed by atoms with E-state index in [-0.39, 0.29) is 25.7 Å². The zero-order valence-electron chi connectivity index (χ0n) is 63.0. The Hall–Kier alpha value is -1.94. The van der Waals surface area contributed by atoms with Crippen LogP contribution in [0.1, 0.15) is 389 Å². The number of aliphatic hydroxyl groups excluding tert-OH is 1. The van der Waals surface area contributed by atoms with Gasteiger partial charge >= 0.3 is 39.5 Å². The van der Waals surface area contributed by atoms with Gasteiger partial charge in [0.15, 0.2) is 12.2 Å². The van der Waals surface area contributed by atoms with Crippen LogP contribution in [0.25, 0.3) is 0 Å². The normalized spacial score (nSPS) is 14.4. The lowest BCUT2D eigenvalue weighted by atomic mass is 10.00. The van der Waals surface area contributed by atoms with Crippen LogP contribution in [-0.2, 0) is 65.4 Å². The van der Waals surface area contributed by atoms with Crippen LogP contribution in [0.3, 0.4) is 0 Å². The first-order valence-corrected chi connectivity index (χ1v) is 42.7.